The Labute approximate surface area is 188 Å². The lowest BCUT2D eigenvalue weighted by Gasteiger charge is -2.36. The number of nitrogens with one attached hydrogen (secondary N) is 2. The molecule has 6 nitrogen and oxygen atoms in total. The molecule has 1 heterocycles. The van der Waals surface area contributed by atoms with E-state index in [1.165, 1.54) is 0 Å². The van der Waals surface area contributed by atoms with E-state index in [1.54, 1.807) is 25.3 Å². The summed E-state index contributed by atoms with van der Waals surface area (Å²) in [5, 5.41) is 6.43. The van der Waals surface area contributed by atoms with Gasteiger partial charge in [0, 0.05) is 17.6 Å². The highest BCUT2D eigenvalue weighted by Gasteiger charge is 2.33. The molecule has 1 saturated heterocycles. The second-order valence-corrected chi connectivity index (χ2v) is 8.53. The van der Waals surface area contributed by atoms with Crippen LogP contribution in [0.3, 0.4) is 0 Å². The van der Waals surface area contributed by atoms with E-state index in [1.807, 2.05) is 44.2 Å². The van der Waals surface area contributed by atoms with Gasteiger partial charge < -0.3 is 15.4 Å². The first-order chi connectivity index (χ1) is 14.9. The molecule has 2 aromatic rings. The number of piperidine rings is 1. The van der Waals surface area contributed by atoms with Crippen LogP contribution in [0.4, 0.5) is 5.69 Å². The Hall–Kier alpha value is -2.57. The number of rotatable bonds is 7. The van der Waals surface area contributed by atoms with Crippen LogP contribution in [0.15, 0.2) is 48.5 Å². The van der Waals surface area contributed by atoms with Gasteiger partial charge in [-0.05, 0) is 63.5 Å². The van der Waals surface area contributed by atoms with Crippen molar-refractivity contribution in [2.45, 2.75) is 38.8 Å². The van der Waals surface area contributed by atoms with Crippen LogP contribution in [-0.4, -0.2) is 43.0 Å². The summed E-state index contributed by atoms with van der Waals surface area (Å²) in [6.45, 7) is 5.28. The SMILES string of the molecule is COc1ccc(NC(=O)C(c2ccccc2)N2CCC(C(=O)NC(C)C)CC2)cc1Cl. The average molecular weight is 444 g/mol. The first-order valence-electron chi connectivity index (χ1n) is 10.6. The summed E-state index contributed by atoms with van der Waals surface area (Å²) in [4.78, 5) is 27.9. The minimum atomic E-state index is -0.448. The molecule has 166 valence electrons. The number of likely N-dealkylation sites (tertiary alicyclic amines) is 1. The summed E-state index contributed by atoms with van der Waals surface area (Å²) in [6.07, 6.45) is 1.45. The molecule has 1 fully saturated rings. The largest absolute Gasteiger partial charge is 0.495 e. The van der Waals surface area contributed by atoms with Crippen LogP contribution in [0.25, 0.3) is 0 Å². The number of halogens is 1. The van der Waals surface area contributed by atoms with E-state index >= 15 is 0 Å². The zero-order valence-electron chi connectivity index (χ0n) is 18.2. The van der Waals surface area contributed by atoms with E-state index in [2.05, 4.69) is 15.5 Å². The number of methoxy groups -OCH3 is 1. The first kappa shape index (κ1) is 23.1. The Morgan fingerprint density at radius 2 is 1.77 bits per heavy atom. The Kier molecular flexibility index (Phi) is 7.93. The van der Waals surface area contributed by atoms with Gasteiger partial charge in [-0.1, -0.05) is 41.9 Å². The molecule has 3 rings (SSSR count). The number of carbonyl (C=O) groups excluding carboxylic acids is 2. The van der Waals surface area contributed by atoms with Crippen molar-refractivity contribution in [3.8, 4) is 5.75 Å². The predicted octanol–water partition coefficient (Wildman–Crippen LogP) is 4.27. The molecule has 2 amide bonds. The monoisotopic (exact) mass is 443 g/mol. The maximum atomic E-state index is 13.3. The molecule has 1 atom stereocenters. The number of benzene rings is 2. The third-order valence-electron chi connectivity index (χ3n) is 5.48. The van der Waals surface area contributed by atoms with E-state index < -0.39 is 6.04 Å². The molecule has 2 aromatic carbocycles. The number of carbonyl (C=O) groups is 2. The molecule has 0 aromatic heterocycles. The third kappa shape index (κ3) is 5.99. The van der Waals surface area contributed by atoms with Crippen molar-refractivity contribution >= 4 is 29.1 Å². The highest BCUT2D eigenvalue weighted by atomic mass is 35.5. The molecule has 0 spiro atoms. The molecule has 7 heteroatoms. The van der Waals surface area contributed by atoms with Gasteiger partial charge in [0.05, 0.1) is 12.1 Å². The normalized spacial score (nSPS) is 16.0. The molecule has 31 heavy (non-hydrogen) atoms. The highest BCUT2D eigenvalue weighted by molar-refractivity contribution is 6.32. The number of anilines is 1. The van der Waals surface area contributed by atoms with Gasteiger partial charge >= 0.3 is 0 Å². The van der Waals surface area contributed by atoms with Gasteiger partial charge in [0.25, 0.3) is 0 Å². The number of amides is 2. The highest BCUT2D eigenvalue weighted by Crippen LogP contribution is 2.31. The van der Waals surface area contributed by atoms with E-state index in [-0.39, 0.29) is 23.8 Å². The molecule has 1 aliphatic heterocycles. The Bertz CT molecular complexity index is 896. The van der Waals surface area contributed by atoms with Crippen LogP contribution in [0.5, 0.6) is 5.75 Å². The molecule has 0 saturated carbocycles. The van der Waals surface area contributed by atoms with Crippen LogP contribution in [-0.2, 0) is 9.59 Å². The summed E-state index contributed by atoms with van der Waals surface area (Å²) in [5.41, 5.74) is 1.53. The standard InChI is InChI=1S/C24H30ClN3O3/c1-16(2)26-23(29)18-11-13-28(14-12-18)22(17-7-5-4-6-8-17)24(30)27-19-9-10-21(31-3)20(25)15-19/h4-10,15-16,18,22H,11-14H2,1-3H3,(H,26,29)(H,27,30). The predicted molar refractivity (Wildman–Crippen MR) is 123 cm³/mol. The van der Waals surface area contributed by atoms with Gasteiger partial charge in [-0.15, -0.1) is 0 Å². The number of hydrogen-bond acceptors (Lipinski definition) is 4. The fourth-order valence-corrected chi connectivity index (χ4v) is 4.20. The maximum absolute atomic E-state index is 13.3. The molecule has 1 aliphatic rings. The van der Waals surface area contributed by atoms with Crippen LogP contribution in [0.1, 0.15) is 38.3 Å². The van der Waals surface area contributed by atoms with Crippen LogP contribution >= 0.6 is 11.6 Å². The summed E-state index contributed by atoms with van der Waals surface area (Å²) >= 11 is 6.22. The number of hydrogen-bond donors (Lipinski definition) is 2. The van der Waals surface area contributed by atoms with Gasteiger partial charge in [0.15, 0.2) is 0 Å². The molecular formula is C24H30ClN3O3. The number of ether oxygens (including phenoxy) is 1. The van der Waals surface area contributed by atoms with Crippen molar-refractivity contribution in [2.75, 3.05) is 25.5 Å². The first-order valence-corrected chi connectivity index (χ1v) is 11.0. The summed E-state index contributed by atoms with van der Waals surface area (Å²) < 4.78 is 5.18. The Morgan fingerprint density at radius 3 is 2.35 bits per heavy atom. The smallest absolute Gasteiger partial charge is 0.246 e. The van der Waals surface area contributed by atoms with E-state index in [4.69, 9.17) is 16.3 Å². The van der Waals surface area contributed by atoms with E-state index in [0.29, 0.717) is 29.5 Å². The third-order valence-corrected chi connectivity index (χ3v) is 5.77. The Morgan fingerprint density at radius 1 is 1.10 bits per heavy atom. The molecule has 2 N–H and O–H groups in total. The zero-order valence-corrected chi connectivity index (χ0v) is 19.0. The fraction of sp³-hybridized carbons (Fsp3) is 0.417. The van der Waals surface area contributed by atoms with Crippen LogP contribution in [0.2, 0.25) is 5.02 Å². The fourth-order valence-electron chi connectivity index (χ4n) is 3.94. The van der Waals surface area contributed by atoms with Crippen molar-refractivity contribution in [3.05, 3.63) is 59.1 Å². The second kappa shape index (κ2) is 10.6. The number of nitrogens with zero attached hydrogens (tertiary/aromatic N) is 1. The van der Waals surface area contributed by atoms with Crippen molar-refractivity contribution in [3.63, 3.8) is 0 Å². The van der Waals surface area contributed by atoms with Crippen LogP contribution in [0, 0.1) is 5.92 Å². The lowest BCUT2D eigenvalue weighted by Crippen LogP contribution is -2.46. The topological polar surface area (TPSA) is 70.7 Å². The molecule has 0 bridgehead atoms. The van der Waals surface area contributed by atoms with Crippen molar-refractivity contribution < 1.29 is 14.3 Å². The maximum Gasteiger partial charge on any atom is 0.246 e. The minimum absolute atomic E-state index is 0.0153. The van der Waals surface area contributed by atoms with E-state index in [0.717, 1.165) is 18.4 Å². The van der Waals surface area contributed by atoms with Crippen molar-refractivity contribution in [1.82, 2.24) is 10.2 Å². The molecule has 0 radical (unpaired) electrons. The van der Waals surface area contributed by atoms with Gasteiger partial charge in [-0.2, -0.15) is 0 Å². The van der Waals surface area contributed by atoms with Gasteiger partial charge in [0.2, 0.25) is 11.8 Å². The Balaban J connectivity index is 1.74. The summed E-state index contributed by atoms with van der Waals surface area (Å²) in [5.74, 6) is 0.514. The molecule has 0 aliphatic carbocycles. The summed E-state index contributed by atoms with van der Waals surface area (Å²) in [6, 6.07) is 14.6. The van der Waals surface area contributed by atoms with E-state index in [9.17, 15) is 9.59 Å². The average Bonchev–Trinajstić information content (AvgIpc) is 2.75. The minimum Gasteiger partial charge on any atom is -0.495 e. The van der Waals surface area contributed by atoms with Gasteiger partial charge in [-0.25, -0.2) is 0 Å². The van der Waals surface area contributed by atoms with Gasteiger partial charge in [0.1, 0.15) is 11.8 Å². The van der Waals surface area contributed by atoms with Crippen LogP contribution < -0.4 is 15.4 Å². The van der Waals surface area contributed by atoms with Crippen molar-refractivity contribution in [1.29, 1.82) is 0 Å². The van der Waals surface area contributed by atoms with Gasteiger partial charge in [-0.3, -0.25) is 14.5 Å². The lowest BCUT2D eigenvalue weighted by molar-refractivity contribution is -0.127. The zero-order chi connectivity index (χ0) is 22.4. The molecule has 1 unspecified atom stereocenters. The molecular weight excluding hydrogens is 414 g/mol. The second-order valence-electron chi connectivity index (χ2n) is 8.13. The quantitative estimate of drug-likeness (QED) is 0.670. The summed E-state index contributed by atoms with van der Waals surface area (Å²) in [7, 11) is 1.55. The lowest BCUT2D eigenvalue weighted by atomic mass is 9.93. The van der Waals surface area contributed by atoms with Crippen molar-refractivity contribution in [2.24, 2.45) is 5.92 Å².